The average molecular weight is 847 g/mol. The van der Waals surface area contributed by atoms with Gasteiger partial charge in [0.05, 0.1) is 0 Å². The number of allylic oxidation sites excluding steroid dienone is 2. The van der Waals surface area contributed by atoms with Crippen LogP contribution in [0.25, 0.3) is 0 Å². The van der Waals surface area contributed by atoms with Crippen LogP contribution in [0.2, 0.25) is 0 Å². The lowest BCUT2D eigenvalue weighted by molar-refractivity contribution is -0.167. The molecule has 0 fully saturated rings. The van der Waals surface area contributed by atoms with E-state index in [1.807, 2.05) is 0 Å². The van der Waals surface area contributed by atoms with Crippen LogP contribution in [0.15, 0.2) is 12.2 Å². The van der Waals surface area contributed by atoms with Crippen LogP contribution in [0.1, 0.15) is 297 Å². The molecule has 0 amide bonds. The first-order valence-electron chi connectivity index (χ1n) is 26.7. The van der Waals surface area contributed by atoms with Crippen LogP contribution >= 0.6 is 0 Å². The third kappa shape index (κ3) is 47.2. The van der Waals surface area contributed by atoms with Gasteiger partial charge >= 0.3 is 17.9 Å². The SMILES string of the molecule is CCCCCCCC/C=C\CCCCCCCCCC(=O)OCC(COC(=O)CCCCCCCCCCCC)OC(=O)CCCCCCCCCCCCCCCCC. The van der Waals surface area contributed by atoms with Crippen LogP contribution in [0.4, 0.5) is 0 Å². The van der Waals surface area contributed by atoms with Crippen molar-refractivity contribution >= 4 is 17.9 Å². The number of ether oxygens (including phenoxy) is 3. The van der Waals surface area contributed by atoms with E-state index in [9.17, 15) is 14.4 Å². The molecule has 0 rings (SSSR count). The van der Waals surface area contributed by atoms with E-state index in [-0.39, 0.29) is 31.1 Å². The van der Waals surface area contributed by atoms with Crippen molar-refractivity contribution in [2.24, 2.45) is 0 Å². The van der Waals surface area contributed by atoms with Gasteiger partial charge in [-0.2, -0.15) is 0 Å². The number of hydrogen-bond donors (Lipinski definition) is 0. The molecule has 0 aromatic heterocycles. The summed E-state index contributed by atoms with van der Waals surface area (Å²) in [6.07, 6.45) is 54.8. The van der Waals surface area contributed by atoms with E-state index in [0.29, 0.717) is 19.3 Å². The largest absolute Gasteiger partial charge is 0.462 e. The Hall–Kier alpha value is -1.85. The molecule has 0 N–H and O–H groups in total. The van der Waals surface area contributed by atoms with E-state index in [1.54, 1.807) is 0 Å². The van der Waals surface area contributed by atoms with Gasteiger partial charge in [-0.05, 0) is 44.9 Å². The molecule has 6 heteroatoms. The molecule has 0 bridgehead atoms. The topological polar surface area (TPSA) is 78.9 Å². The van der Waals surface area contributed by atoms with Gasteiger partial charge in [0.1, 0.15) is 13.2 Å². The highest BCUT2D eigenvalue weighted by Crippen LogP contribution is 2.16. The van der Waals surface area contributed by atoms with Gasteiger partial charge in [0.2, 0.25) is 0 Å². The Balaban J connectivity index is 4.29. The zero-order valence-corrected chi connectivity index (χ0v) is 40.5. The van der Waals surface area contributed by atoms with Gasteiger partial charge in [-0.15, -0.1) is 0 Å². The van der Waals surface area contributed by atoms with E-state index in [4.69, 9.17) is 14.2 Å². The Kier molecular flexibility index (Phi) is 48.3. The van der Waals surface area contributed by atoms with Gasteiger partial charge in [-0.25, -0.2) is 0 Å². The van der Waals surface area contributed by atoms with E-state index in [2.05, 4.69) is 32.9 Å². The molecule has 0 aliphatic heterocycles. The van der Waals surface area contributed by atoms with Gasteiger partial charge in [0.15, 0.2) is 6.10 Å². The first-order chi connectivity index (χ1) is 29.5. The summed E-state index contributed by atoms with van der Waals surface area (Å²) in [5.41, 5.74) is 0. The molecule has 1 atom stereocenters. The van der Waals surface area contributed by atoms with E-state index >= 15 is 0 Å². The summed E-state index contributed by atoms with van der Waals surface area (Å²) in [5.74, 6) is -0.854. The maximum atomic E-state index is 12.8. The number of unbranched alkanes of at least 4 members (excludes halogenated alkanes) is 36. The Labute approximate surface area is 373 Å². The molecule has 0 aromatic rings. The van der Waals surface area contributed by atoms with Crippen molar-refractivity contribution in [1.82, 2.24) is 0 Å². The molecular weight excluding hydrogens is 745 g/mol. The van der Waals surface area contributed by atoms with Crippen molar-refractivity contribution in [2.75, 3.05) is 13.2 Å². The maximum absolute atomic E-state index is 12.8. The van der Waals surface area contributed by atoms with Crippen LogP contribution in [-0.4, -0.2) is 37.2 Å². The Bertz CT molecular complexity index is 931. The van der Waals surface area contributed by atoms with Crippen molar-refractivity contribution in [1.29, 1.82) is 0 Å². The Morgan fingerprint density at radius 1 is 0.317 bits per heavy atom. The number of esters is 3. The van der Waals surface area contributed by atoms with E-state index < -0.39 is 6.10 Å². The van der Waals surface area contributed by atoms with Gasteiger partial charge in [0.25, 0.3) is 0 Å². The quantitative estimate of drug-likeness (QED) is 0.0263. The molecule has 0 saturated carbocycles. The second-order valence-electron chi connectivity index (χ2n) is 18.2. The molecule has 0 aliphatic rings. The molecule has 0 aromatic carbocycles. The average Bonchev–Trinajstić information content (AvgIpc) is 3.24. The molecule has 6 nitrogen and oxygen atoms in total. The van der Waals surface area contributed by atoms with E-state index in [1.165, 1.54) is 199 Å². The van der Waals surface area contributed by atoms with Gasteiger partial charge in [0, 0.05) is 19.3 Å². The zero-order valence-electron chi connectivity index (χ0n) is 40.5. The normalized spacial score (nSPS) is 12.0. The predicted molar refractivity (Wildman–Crippen MR) is 256 cm³/mol. The second kappa shape index (κ2) is 49.8. The standard InChI is InChI=1S/C54H102O6/c1-4-7-10-13-16-19-22-24-26-27-29-30-32-35-38-41-44-47-53(56)59-50-51(49-58-52(55)46-43-40-37-34-21-18-15-12-9-6-3)60-54(57)48-45-42-39-36-33-31-28-25-23-20-17-14-11-8-5-2/h24,26,51H,4-23,25,27-50H2,1-3H3/b26-24-. The first-order valence-corrected chi connectivity index (χ1v) is 26.7. The summed E-state index contributed by atoms with van der Waals surface area (Å²) in [6, 6.07) is 0. The summed E-state index contributed by atoms with van der Waals surface area (Å²) in [5, 5.41) is 0. The monoisotopic (exact) mass is 847 g/mol. The zero-order chi connectivity index (χ0) is 43.7. The minimum absolute atomic E-state index is 0.0661. The van der Waals surface area contributed by atoms with Crippen LogP contribution in [0, 0.1) is 0 Å². The van der Waals surface area contributed by atoms with Crippen LogP contribution in [0.5, 0.6) is 0 Å². The summed E-state index contributed by atoms with van der Waals surface area (Å²) in [4.78, 5) is 37.9. The summed E-state index contributed by atoms with van der Waals surface area (Å²) in [7, 11) is 0. The Morgan fingerprint density at radius 2 is 0.550 bits per heavy atom. The first kappa shape index (κ1) is 58.1. The highest BCUT2D eigenvalue weighted by atomic mass is 16.6. The van der Waals surface area contributed by atoms with Gasteiger partial charge in [-0.3, -0.25) is 14.4 Å². The lowest BCUT2D eigenvalue weighted by Gasteiger charge is -2.18. The van der Waals surface area contributed by atoms with Crippen LogP contribution in [-0.2, 0) is 28.6 Å². The fourth-order valence-electron chi connectivity index (χ4n) is 7.97. The smallest absolute Gasteiger partial charge is 0.306 e. The number of rotatable bonds is 49. The molecule has 1 unspecified atom stereocenters. The molecule has 0 heterocycles. The van der Waals surface area contributed by atoms with Crippen LogP contribution < -0.4 is 0 Å². The van der Waals surface area contributed by atoms with Crippen molar-refractivity contribution in [3.63, 3.8) is 0 Å². The summed E-state index contributed by atoms with van der Waals surface area (Å²) in [6.45, 7) is 6.66. The fraction of sp³-hybridized carbons (Fsp3) is 0.907. The van der Waals surface area contributed by atoms with Gasteiger partial charge in [-0.1, -0.05) is 245 Å². The third-order valence-electron chi connectivity index (χ3n) is 12.0. The highest BCUT2D eigenvalue weighted by molar-refractivity contribution is 5.71. The second-order valence-corrected chi connectivity index (χ2v) is 18.2. The van der Waals surface area contributed by atoms with Gasteiger partial charge < -0.3 is 14.2 Å². The van der Waals surface area contributed by atoms with Crippen molar-refractivity contribution in [2.45, 2.75) is 303 Å². The van der Waals surface area contributed by atoms with Crippen LogP contribution in [0.3, 0.4) is 0 Å². The molecule has 0 radical (unpaired) electrons. The highest BCUT2D eigenvalue weighted by Gasteiger charge is 2.19. The molecule has 0 aliphatic carbocycles. The number of carbonyl (C=O) groups excluding carboxylic acids is 3. The molecule has 60 heavy (non-hydrogen) atoms. The lowest BCUT2D eigenvalue weighted by Crippen LogP contribution is -2.30. The molecule has 0 saturated heterocycles. The summed E-state index contributed by atoms with van der Waals surface area (Å²) >= 11 is 0. The molecule has 354 valence electrons. The maximum Gasteiger partial charge on any atom is 0.306 e. The van der Waals surface area contributed by atoms with Crippen molar-refractivity contribution < 1.29 is 28.6 Å². The minimum atomic E-state index is -0.764. The summed E-state index contributed by atoms with van der Waals surface area (Å²) < 4.78 is 16.8. The molecule has 0 spiro atoms. The third-order valence-corrected chi connectivity index (χ3v) is 12.0. The number of carbonyl (C=O) groups is 3. The Morgan fingerprint density at radius 3 is 0.833 bits per heavy atom. The molecular formula is C54H102O6. The minimum Gasteiger partial charge on any atom is -0.462 e. The lowest BCUT2D eigenvalue weighted by atomic mass is 10.0. The van der Waals surface area contributed by atoms with E-state index in [0.717, 1.165) is 57.8 Å². The number of hydrogen-bond acceptors (Lipinski definition) is 6. The van der Waals surface area contributed by atoms with Crippen molar-refractivity contribution in [3.05, 3.63) is 12.2 Å². The van der Waals surface area contributed by atoms with Crippen molar-refractivity contribution in [3.8, 4) is 0 Å². The fourth-order valence-corrected chi connectivity index (χ4v) is 7.97. The predicted octanol–water partition coefficient (Wildman–Crippen LogP) is 17.4.